The molecular formula is C14H18ClF3N2O2S. The lowest BCUT2D eigenvalue weighted by Crippen LogP contribution is -2.40. The van der Waals surface area contributed by atoms with Gasteiger partial charge in [0.1, 0.15) is 17.5 Å². The molecule has 0 bridgehead atoms. The molecule has 0 unspecified atom stereocenters. The van der Waals surface area contributed by atoms with E-state index in [1.807, 2.05) is 0 Å². The molecule has 2 fully saturated rings. The van der Waals surface area contributed by atoms with Gasteiger partial charge < -0.3 is 5.32 Å². The topological polar surface area (TPSA) is 49.4 Å². The van der Waals surface area contributed by atoms with Crippen molar-refractivity contribution in [2.24, 2.45) is 5.41 Å². The summed E-state index contributed by atoms with van der Waals surface area (Å²) in [6, 6.07) is 0.790. The van der Waals surface area contributed by atoms with Crippen LogP contribution in [0.15, 0.2) is 17.0 Å². The summed E-state index contributed by atoms with van der Waals surface area (Å²) in [5, 5.41) is 3.22. The lowest BCUT2D eigenvalue weighted by Gasteiger charge is -2.33. The quantitative estimate of drug-likeness (QED) is 0.869. The average Bonchev–Trinajstić information content (AvgIpc) is 2.82. The van der Waals surface area contributed by atoms with Crippen LogP contribution in [0.1, 0.15) is 19.3 Å². The maximum atomic E-state index is 13.8. The molecule has 23 heavy (non-hydrogen) atoms. The van der Waals surface area contributed by atoms with Gasteiger partial charge in [0.15, 0.2) is 4.90 Å². The van der Waals surface area contributed by atoms with Gasteiger partial charge in [0.05, 0.1) is 0 Å². The van der Waals surface area contributed by atoms with Gasteiger partial charge >= 0.3 is 0 Å². The van der Waals surface area contributed by atoms with Gasteiger partial charge in [-0.25, -0.2) is 21.6 Å². The first-order valence-corrected chi connectivity index (χ1v) is 8.64. The van der Waals surface area contributed by atoms with E-state index in [1.54, 1.807) is 0 Å². The Balaban J connectivity index is 0.00000192. The highest BCUT2D eigenvalue weighted by molar-refractivity contribution is 7.89. The van der Waals surface area contributed by atoms with Crippen LogP contribution in [0.2, 0.25) is 0 Å². The second-order valence-corrected chi connectivity index (χ2v) is 7.91. The molecule has 3 rings (SSSR count). The van der Waals surface area contributed by atoms with Crippen molar-refractivity contribution in [3.63, 3.8) is 0 Å². The Morgan fingerprint density at radius 2 is 1.61 bits per heavy atom. The van der Waals surface area contributed by atoms with Crippen molar-refractivity contribution in [1.29, 1.82) is 0 Å². The number of nitrogens with zero attached hydrogens (tertiary/aromatic N) is 1. The standard InChI is InChI=1S/C14H17F3N2O2S.ClH/c15-10-7-11(16)13(12(17)8-10)22(20,21)19-6-3-14(9-19)1-4-18-5-2-14;/h7-8,18H,1-6,9H2;1H. The fraction of sp³-hybridized carbons (Fsp3) is 0.571. The molecule has 130 valence electrons. The summed E-state index contributed by atoms with van der Waals surface area (Å²) in [4.78, 5) is -1.06. The van der Waals surface area contributed by atoms with Gasteiger partial charge in [0.2, 0.25) is 10.0 Å². The third kappa shape index (κ3) is 3.35. The normalized spacial score (nSPS) is 21.3. The predicted molar refractivity (Wildman–Crippen MR) is 81.5 cm³/mol. The Labute approximate surface area is 139 Å². The highest BCUT2D eigenvalue weighted by atomic mass is 35.5. The zero-order valence-corrected chi connectivity index (χ0v) is 14.0. The Morgan fingerprint density at radius 1 is 1.04 bits per heavy atom. The Morgan fingerprint density at radius 3 is 2.17 bits per heavy atom. The minimum absolute atomic E-state index is 0. The SMILES string of the molecule is Cl.O=S(=O)(c1c(F)cc(F)cc1F)N1CCC2(CCNCC2)C1. The van der Waals surface area contributed by atoms with Crippen LogP contribution in [0.25, 0.3) is 0 Å². The molecule has 2 heterocycles. The van der Waals surface area contributed by atoms with E-state index >= 15 is 0 Å². The Bertz CT molecular complexity index is 670. The van der Waals surface area contributed by atoms with Crippen LogP contribution in [0, 0.1) is 22.9 Å². The molecule has 1 N–H and O–H groups in total. The van der Waals surface area contributed by atoms with Crippen LogP contribution in [0.5, 0.6) is 0 Å². The number of hydrogen-bond donors (Lipinski definition) is 1. The van der Waals surface area contributed by atoms with Gasteiger partial charge in [-0.1, -0.05) is 0 Å². The number of piperidine rings is 1. The molecule has 2 aliphatic heterocycles. The smallest absolute Gasteiger partial charge is 0.248 e. The molecule has 4 nitrogen and oxygen atoms in total. The number of sulfonamides is 1. The Hall–Kier alpha value is -0.830. The molecule has 2 aliphatic rings. The summed E-state index contributed by atoms with van der Waals surface area (Å²) >= 11 is 0. The molecule has 0 atom stereocenters. The van der Waals surface area contributed by atoms with Crippen molar-refractivity contribution in [1.82, 2.24) is 9.62 Å². The number of nitrogens with one attached hydrogen (secondary N) is 1. The fourth-order valence-electron chi connectivity index (χ4n) is 3.37. The largest absolute Gasteiger partial charge is 0.317 e. The van der Waals surface area contributed by atoms with Crippen LogP contribution in [-0.4, -0.2) is 38.9 Å². The summed E-state index contributed by atoms with van der Waals surface area (Å²) in [6.45, 7) is 2.12. The van der Waals surface area contributed by atoms with Crippen molar-refractivity contribution in [3.8, 4) is 0 Å². The first kappa shape index (κ1) is 18.5. The monoisotopic (exact) mass is 370 g/mol. The van der Waals surface area contributed by atoms with Gasteiger partial charge in [0, 0.05) is 25.2 Å². The maximum absolute atomic E-state index is 13.8. The van der Waals surface area contributed by atoms with Crippen molar-refractivity contribution in [2.75, 3.05) is 26.2 Å². The minimum Gasteiger partial charge on any atom is -0.317 e. The molecule has 9 heteroatoms. The number of rotatable bonds is 2. The fourth-order valence-corrected chi connectivity index (χ4v) is 5.01. The first-order valence-electron chi connectivity index (χ1n) is 7.20. The zero-order chi connectivity index (χ0) is 16.0. The molecular weight excluding hydrogens is 353 g/mol. The van der Waals surface area contributed by atoms with E-state index in [1.165, 1.54) is 0 Å². The van der Waals surface area contributed by atoms with Crippen molar-refractivity contribution in [2.45, 2.75) is 24.2 Å². The van der Waals surface area contributed by atoms with Crippen LogP contribution >= 0.6 is 12.4 Å². The van der Waals surface area contributed by atoms with Crippen LogP contribution in [0.4, 0.5) is 13.2 Å². The van der Waals surface area contributed by atoms with E-state index in [-0.39, 0.29) is 30.9 Å². The summed E-state index contributed by atoms with van der Waals surface area (Å²) in [6.07, 6.45) is 2.36. The lowest BCUT2D eigenvalue weighted by molar-refractivity contribution is 0.218. The van der Waals surface area contributed by atoms with E-state index < -0.39 is 32.4 Å². The lowest BCUT2D eigenvalue weighted by atomic mass is 9.78. The summed E-state index contributed by atoms with van der Waals surface area (Å²) in [7, 11) is -4.30. The summed E-state index contributed by atoms with van der Waals surface area (Å²) < 4.78 is 66.7. The van der Waals surface area contributed by atoms with E-state index in [0.29, 0.717) is 18.6 Å². The van der Waals surface area contributed by atoms with Crippen molar-refractivity contribution >= 4 is 22.4 Å². The second-order valence-electron chi connectivity index (χ2n) is 6.04. The molecule has 1 aromatic carbocycles. The number of halogens is 4. The summed E-state index contributed by atoms with van der Waals surface area (Å²) in [5.41, 5.74) is -0.120. The van der Waals surface area contributed by atoms with Gasteiger partial charge in [-0.05, 0) is 37.8 Å². The number of hydrogen-bond acceptors (Lipinski definition) is 3. The second kappa shape index (κ2) is 6.58. The third-order valence-corrected chi connectivity index (χ3v) is 6.53. The first-order chi connectivity index (χ1) is 10.3. The van der Waals surface area contributed by atoms with Crippen LogP contribution < -0.4 is 5.32 Å². The highest BCUT2D eigenvalue weighted by Crippen LogP contribution is 2.41. The molecule has 0 aromatic heterocycles. The van der Waals surface area contributed by atoms with Gasteiger partial charge in [-0.15, -0.1) is 12.4 Å². The van der Waals surface area contributed by atoms with Gasteiger partial charge in [-0.3, -0.25) is 0 Å². The molecule has 1 spiro atoms. The molecule has 1 aromatic rings. The van der Waals surface area contributed by atoms with Crippen molar-refractivity contribution in [3.05, 3.63) is 29.6 Å². The van der Waals surface area contributed by atoms with Gasteiger partial charge in [0.25, 0.3) is 0 Å². The molecule has 2 saturated heterocycles. The predicted octanol–water partition coefficient (Wildman–Crippen LogP) is 2.29. The average molecular weight is 371 g/mol. The van der Waals surface area contributed by atoms with Crippen LogP contribution in [-0.2, 0) is 10.0 Å². The van der Waals surface area contributed by atoms with Crippen LogP contribution in [0.3, 0.4) is 0 Å². The van der Waals surface area contributed by atoms with Gasteiger partial charge in [-0.2, -0.15) is 4.31 Å². The minimum atomic E-state index is -4.30. The van der Waals surface area contributed by atoms with Crippen molar-refractivity contribution < 1.29 is 21.6 Å². The zero-order valence-electron chi connectivity index (χ0n) is 12.3. The molecule has 0 aliphatic carbocycles. The molecule has 0 saturated carbocycles. The van der Waals surface area contributed by atoms with E-state index in [9.17, 15) is 21.6 Å². The maximum Gasteiger partial charge on any atom is 0.248 e. The van der Waals surface area contributed by atoms with E-state index in [4.69, 9.17) is 0 Å². The van der Waals surface area contributed by atoms with E-state index in [0.717, 1.165) is 30.2 Å². The highest BCUT2D eigenvalue weighted by Gasteiger charge is 2.44. The Kier molecular flexibility index (Phi) is 5.30. The van der Waals surface area contributed by atoms with E-state index in [2.05, 4.69) is 5.32 Å². The molecule has 0 radical (unpaired) electrons. The summed E-state index contributed by atoms with van der Waals surface area (Å²) in [5.74, 6) is -3.90. The molecule has 0 amide bonds. The third-order valence-electron chi connectivity index (χ3n) is 4.63. The number of benzene rings is 1.